The Hall–Kier alpha value is -5.10. The molecular weight excluding hydrogens is 534 g/mol. The summed E-state index contributed by atoms with van der Waals surface area (Å²) in [5, 5.41) is 14.9. The van der Waals surface area contributed by atoms with Gasteiger partial charge in [-0.3, -0.25) is 14.9 Å². The summed E-state index contributed by atoms with van der Waals surface area (Å²) in [6.45, 7) is 4.51. The van der Waals surface area contributed by atoms with Gasteiger partial charge in [0, 0.05) is 5.56 Å². The average Bonchev–Trinajstić information content (AvgIpc) is 3.44. The van der Waals surface area contributed by atoms with Crippen LogP contribution in [0.5, 0.6) is 17.2 Å². The molecule has 4 aromatic rings. The first kappa shape index (κ1) is 27.9. The molecule has 40 heavy (non-hydrogen) atoms. The van der Waals surface area contributed by atoms with E-state index in [2.05, 4.69) is 26.0 Å². The van der Waals surface area contributed by atoms with E-state index in [-0.39, 0.29) is 10.9 Å². The molecule has 0 atom stereocenters. The van der Waals surface area contributed by atoms with Crippen molar-refractivity contribution in [1.29, 1.82) is 0 Å². The third-order valence-corrected chi connectivity index (χ3v) is 6.01. The number of nitrogens with zero attached hydrogens (tertiary/aromatic N) is 3. The maximum atomic E-state index is 12.6. The summed E-state index contributed by atoms with van der Waals surface area (Å²) >= 11 is 1.14. The Bertz CT molecular complexity index is 1510. The van der Waals surface area contributed by atoms with Crippen LogP contribution in [-0.4, -0.2) is 47.4 Å². The summed E-state index contributed by atoms with van der Waals surface area (Å²) in [5.41, 5.74) is 3.89. The van der Waals surface area contributed by atoms with Crippen LogP contribution in [0.1, 0.15) is 29.8 Å². The quantitative estimate of drug-likeness (QED) is 0.0963. The van der Waals surface area contributed by atoms with Gasteiger partial charge in [0.15, 0.2) is 11.5 Å². The number of nitrogens with one attached hydrogen (secondary N) is 2. The molecule has 0 spiro atoms. The molecule has 12 heteroatoms. The lowest BCUT2D eigenvalue weighted by Gasteiger charge is -2.11. The molecule has 1 aromatic heterocycles. The van der Waals surface area contributed by atoms with E-state index < -0.39 is 17.8 Å². The van der Waals surface area contributed by atoms with E-state index in [9.17, 15) is 14.4 Å². The molecule has 1 heterocycles. The number of hydrogen-bond acceptors (Lipinski definition) is 10. The number of hydrazone groups is 1. The van der Waals surface area contributed by atoms with E-state index in [1.165, 1.54) is 6.21 Å². The molecule has 0 aliphatic rings. The van der Waals surface area contributed by atoms with Gasteiger partial charge in [-0.1, -0.05) is 41.7 Å². The molecule has 2 N–H and O–H groups in total. The average molecular weight is 560 g/mol. The number of amides is 2. The zero-order valence-electron chi connectivity index (χ0n) is 21.6. The van der Waals surface area contributed by atoms with Crippen LogP contribution in [0.2, 0.25) is 0 Å². The molecule has 11 nitrogen and oxygen atoms in total. The van der Waals surface area contributed by atoms with E-state index in [1.807, 2.05) is 37.3 Å². The fraction of sp³-hybridized carbons (Fsp3) is 0.143. The van der Waals surface area contributed by atoms with Crippen molar-refractivity contribution in [3.8, 4) is 27.8 Å². The van der Waals surface area contributed by atoms with Crippen molar-refractivity contribution in [2.45, 2.75) is 13.8 Å². The number of carbonyl (C=O) groups excluding carboxylic acids is 3. The second-order valence-corrected chi connectivity index (χ2v) is 8.90. The molecule has 3 aromatic carbocycles. The van der Waals surface area contributed by atoms with Crippen LogP contribution in [0.3, 0.4) is 0 Å². The second kappa shape index (κ2) is 13.6. The molecule has 0 aliphatic carbocycles. The van der Waals surface area contributed by atoms with Crippen LogP contribution in [0.25, 0.3) is 10.6 Å². The monoisotopic (exact) mass is 559 g/mol. The molecule has 2 amide bonds. The molecule has 0 aliphatic heterocycles. The summed E-state index contributed by atoms with van der Waals surface area (Å²) in [7, 11) is 0. The Kier molecular flexibility index (Phi) is 9.51. The highest BCUT2D eigenvalue weighted by molar-refractivity contribution is 7.18. The summed E-state index contributed by atoms with van der Waals surface area (Å²) < 4.78 is 16.5. The standard InChI is InChI=1S/C28H25N5O6S/c1-3-37-21-13-11-20(12-14-21)27(36)39-22-15-10-18(16-23(22)38-4-2)17-29-31-25(35)24(34)30-28-33-32-26(40-28)19-8-6-5-7-9-19/h5-17H,3-4H2,1-2H3,(H,31,35)(H,30,33,34)/b29-17+. The SMILES string of the molecule is CCOc1ccc(C(=O)Oc2ccc(/C=N/NC(=O)C(=O)Nc3nnc(-c4ccccc4)s3)cc2OCC)cc1. The lowest BCUT2D eigenvalue weighted by atomic mass is 10.2. The molecule has 4 rings (SSSR count). The van der Waals surface area contributed by atoms with Crippen molar-refractivity contribution < 1.29 is 28.6 Å². The van der Waals surface area contributed by atoms with Crippen LogP contribution in [0.4, 0.5) is 5.13 Å². The van der Waals surface area contributed by atoms with Gasteiger partial charge in [0.2, 0.25) is 5.13 Å². The van der Waals surface area contributed by atoms with Crippen molar-refractivity contribution in [2.24, 2.45) is 5.10 Å². The Labute approximate surface area is 233 Å². The first-order valence-corrected chi connectivity index (χ1v) is 13.0. The van der Waals surface area contributed by atoms with Gasteiger partial charge >= 0.3 is 17.8 Å². The van der Waals surface area contributed by atoms with Crippen LogP contribution in [0.15, 0.2) is 77.9 Å². The van der Waals surface area contributed by atoms with Gasteiger partial charge in [0.1, 0.15) is 10.8 Å². The van der Waals surface area contributed by atoms with Gasteiger partial charge in [-0.25, -0.2) is 10.2 Å². The topological polar surface area (TPSA) is 141 Å². The predicted molar refractivity (Wildman–Crippen MR) is 150 cm³/mol. The number of rotatable bonds is 10. The van der Waals surface area contributed by atoms with E-state index in [1.54, 1.807) is 49.4 Å². The van der Waals surface area contributed by atoms with Crippen LogP contribution < -0.4 is 25.0 Å². The summed E-state index contributed by atoms with van der Waals surface area (Å²) in [4.78, 5) is 37.0. The van der Waals surface area contributed by atoms with Gasteiger partial charge < -0.3 is 14.2 Å². The molecule has 0 unspecified atom stereocenters. The highest BCUT2D eigenvalue weighted by Gasteiger charge is 2.17. The lowest BCUT2D eigenvalue weighted by molar-refractivity contribution is -0.136. The molecule has 0 bridgehead atoms. The number of esters is 1. The molecular formula is C28H25N5O6S. The Morgan fingerprint density at radius 3 is 2.35 bits per heavy atom. The number of carbonyl (C=O) groups is 3. The van der Waals surface area contributed by atoms with E-state index in [0.717, 1.165) is 16.9 Å². The van der Waals surface area contributed by atoms with Gasteiger partial charge in [-0.05, 0) is 61.9 Å². The van der Waals surface area contributed by atoms with E-state index >= 15 is 0 Å². The maximum Gasteiger partial charge on any atom is 0.343 e. The fourth-order valence-corrected chi connectivity index (χ4v) is 4.06. The Morgan fingerprint density at radius 1 is 0.875 bits per heavy atom. The largest absolute Gasteiger partial charge is 0.494 e. The zero-order valence-corrected chi connectivity index (χ0v) is 22.4. The van der Waals surface area contributed by atoms with Gasteiger partial charge in [-0.2, -0.15) is 5.10 Å². The van der Waals surface area contributed by atoms with Crippen molar-refractivity contribution in [3.05, 3.63) is 83.9 Å². The molecule has 0 fully saturated rings. The van der Waals surface area contributed by atoms with E-state index in [4.69, 9.17) is 14.2 Å². The first-order valence-electron chi connectivity index (χ1n) is 12.2. The van der Waals surface area contributed by atoms with E-state index in [0.29, 0.717) is 40.8 Å². The number of anilines is 1. The van der Waals surface area contributed by atoms with Crippen molar-refractivity contribution in [2.75, 3.05) is 18.5 Å². The highest BCUT2D eigenvalue weighted by atomic mass is 32.1. The third-order valence-electron chi connectivity index (χ3n) is 5.12. The molecule has 0 saturated carbocycles. The van der Waals surface area contributed by atoms with Crippen LogP contribution in [-0.2, 0) is 9.59 Å². The predicted octanol–water partition coefficient (Wildman–Crippen LogP) is 4.31. The van der Waals surface area contributed by atoms with Gasteiger partial charge in [0.05, 0.1) is 25.0 Å². The smallest absolute Gasteiger partial charge is 0.343 e. The molecule has 204 valence electrons. The minimum atomic E-state index is -0.987. The van der Waals surface area contributed by atoms with Crippen LogP contribution in [0, 0.1) is 0 Å². The number of benzene rings is 3. The first-order chi connectivity index (χ1) is 19.5. The van der Waals surface area contributed by atoms with Crippen molar-refractivity contribution in [1.82, 2.24) is 15.6 Å². The summed E-state index contributed by atoms with van der Waals surface area (Å²) in [6.07, 6.45) is 1.32. The van der Waals surface area contributed by atoms with Gasteiger partial charge in [-0.15, -0.1) is 10.2 Å². The summed E-state index contributed by atoms with van der Waals surface area (Å²) in [6, 6.07) is 20.7. The minimum absolute atomic E-state index is 0.180. The third kappa shape index (κ3) is 7.48. The maximum absolute atomic E-state index is 12.6. The van der Waals surface area contributed by atoms with Crippen molar-refractivity contribution >= 4 is 40.5 Å². The minimum Gasteiger partial charge on any atom is -0.494 e. The fourth-order valence-electron chi connectivity index (χ4n) is 3.31. The molecule has 0 radical (unpaired) electrons. The van der Waals surface area contributed by atoms with Crippen LogP contribution >= 0.6 is 11.3 Å². The molecule has 0 saturated heterocycles. The normalized spacial score (nSPS) is 10.7. The zero-order chi connectivity index (χ0) is 28.3. The Morgan fingerprint density at radius 2 is 1.62 bits per heavy atom. The second-order valence-electron chi connectivity index (χ2n) is 7.92. The highest BCUT2D eigenvalue weighted by Crippen LogP contribution is 2.29. The van der Waals surface area contributed by atoms with Gasteiger partial charge in [0.25, 0.3) is 0 Å². The Balaban J connectivity index is 1.34. The number of aromatic nitrogens is 2. The number of hydrogen-bond donors (Lipinski definition) is 2. The number of ether oxygens (including phenoxy) is 3. The van der Waals surface area contributed by atoms with Crippen molar-refractivity contribution in [3.63, 3.8) is 0 Å². The summed E-state index contributed by atoms with van der Waals surface area (Å²) in [5.74, 6) is -1.32. The lowest BCUT2D eigenvalue weighted by Crippen LogP contribution is -2.32.